The van der Waals surface area contributed by atoms with E-state index in [1.807, 2.05) is 13.8 Å². The fourth-order valence-electron chi connectivity index (χ4n) is 1.42. The number of imide groups is 1. The Balaban J connectivity index is 2.98. The largest absolute Gasteiger partial charge is 0.343 e. The molecule has 1 atom stereocenters. The lowest BCUT2D eigenvalue weighted by atomic mass is 10.0. The van der Waals surface area contributed by atoms with Gasteiger partial charge >= 0.3 is 6.03 Å². The van der Waals surface area contributed by atoms with Crippen LogP contribution in [-0.2, 0) is 4.79 Å². The number of halogens is 2. The van der Waals surface area contributed by atoms with Gasteiger partial charge in [-0.1, -0.05) is 25.4 Å². The van der Waals surface area contributed by atoms with E-state index in [-0.39, 0.29) is 5.92 Å². The molecule has 0 aliphatic carbocycles. The van der Waals surface area contributed by atoms with Crippen molar-refractivity contribution in [3.8, 4) is 0 Å². The van der Waals surface area contributed by atoms with E-state index in [0.29, 0.717) is 6.42 Å². The van der Waals surface area contributed by atoms with Crippen LogP contribution in [0.15, 0.2) is 0 Å². The molecule has 0 radical (unpaired) electrons. The maximum absolute atomic E-state index is 11.6. The minimum Gasteiger partial charge on any atom is -0.270 e. The molecule has 1 saturated heterocycles. The molecule has 1 rings (SSSR count). The molecule has 0 bridgehead atoms. The second-order valence-corrected chi connectivity index (χ2v) is 4.75. The van der Waals surface area contributed by atoms with Crippen molar-refractivity contribution in [3.05, 3.63) is 0 Å². The van der Waals surface area contributed by atoms with Crippen LogP contribution in [0.25, 0.3) is 0 Å². The molecule has 4 nitrogen and oxygen atoms in total. The van der Waals surface area contributed by atoms with E-state index in [9.17, 15) is 9.59 Å². The Morgan fingerprint density at radius 1 is 1.43 bits per heavy atom. The molecule has 0 aromatic carbocycles. The molecule has 14 heavy (non-hydrogen) atoms. The number of nitrogens with zero attached hydrogens (tertiary/aromatic N) is 2. The van der Waals surface area contributed by atoms with Gasteiger partial charge in [-0.05, 0) is 12.3 Å². The van der Waals surface area contributed by atoms with Crippen molar-refractivity contribution in [3.63, 3.8) is 0 Å². The number of hydrogen-bond donors (Lipinski definition) is 0. The fourth-order valence-corrected chi connectivity index (χ4v) is 2.18. The highest BCUT2D eigenvalue weighted by Crippen LogP contribution is 2.37. The van der Waals surface area contributed by atoms with Crippen molar-refractivity contribution in [2.75, 3.05) is 7.05 Å². The third-order valence-electron chi connectivity index (χ3n) is 2.08. The molecule has 1 unspecified atom stereocenters. The summed E-state index contributed by atoms with van der Waals surface area (Å²) in [6, 6.07) is -0.577. The van der Waals surface area contributed by atoms with Gasteiger partial charge in [0.15, 0.2) is 0 Å². The Hall–Kier alpha value is -0.480. The van der Waals surface area contributed by atoms with E-state index >= 15 is 0 Å². The average Bonchev–Trinajstić information content (AvgIpc) is 2.21. The Labute approximate surface area is 92.8 Å². The molecule has 0 N–H and O–H groups in total. The van der Waals surface area contributed by atoms with Crippen LogP contribution in [0.3, 0.4) is 0 Å². The van der Waals surface area contributed by atoms with Crippen LogP contribution in [-0.4, -0.2) is 33.3 Å². The molecular formula is C8H12Cl2N2O2. The second-order valence-electron chi connectivity index (χ2n) is 3.78. The first kappa shape index (κ1) is 11.6. The Bertz CT molecular complexity index is 283. The van der Waals surface area contributed by atoms with Crippen LogP contribution in [0.2, 0.25) is 0 Å². The third-order valence-corrected chi connectivity index (χ3v) is 3.08. The third kappa shape index (κ3) is 1.57. The summed E-state index contributed by atoms with van der Waals surface area (Å²) in [6.45, 7) is 3.82. The minimum atomic E-state index is -1.42. The molecule has 1 aliphatic heterocycles. The summed E-state index contributed by atoms with van der Waals surface area (Å²) in [5, 5.41) is 0. The zero-order chi connectivity index (χ0) is 11.1. The van der Waals surface area contributed by atoms with Gasteiger partial charge in [0.1, 0.15) is 0 Å². The zero-order valence-corrected chi connectivity index (χ0v) is 9.76. The number of carbonyl (C=O) groups excluding carboxylic acids is 2. The normalized spacial score (nSPS) is 28.1. The van der Waals surface area contributed by atoms with Gasteiger partial charge in [-0.3, -0.25) is 9.69 Å². The standard InChI is InChI=1S/C8H12Cl2N2O2/c1-5(2)4-8(9)6(13)11(3)7(14)12(8)10/h5H,4H2,1-3H3. The van der Waals surface area contributed by atoms with Crippen LogP contribution in [0, 0.1) is 5.92 Å². The van der Waals surface area contributed by atoms with Crippen molar-refractivity contribution in [1.82, 2.24) is 9.32 Å². The van der Waals surface area contributed by atoms with Gasteiger partial charge in [0.25, 0.3) is 5.91 Å². The van der Waals surface area contributed by atoms with Gasteiger partial charge in [0.2, 0.25) is 5.00 Å². The van der Waals surface area contributed by atoms with E-state index in [4.69, 9.17) is 23.4 Å². The highest BCUT2D eigenvalue weighted by atomic mass is 35.5. The molecule has 1 aliphatic rings. The number of hydrogen-bond acceptors (Lipinski definition) is 2. The number of amides is 3. The zero-order valence-electron chi connectivity index (χ0n) is 8.25. The SMILES string of the molecule is CC(C)CC1(Cl)C(=O)N(C)C(=O)N1Cl. The van der Waals surface area contributed by atoms with Crippen molar-refractivity contribution >= 4 is 35.3 Å². The summed E-state index contributed by atoms with van der Waals surface area (Å²) < 4.78 is 0.775. The molecule has 0 aromatic rings. The van der Waals surface area contributed by atoms with Crippen LogP contribution >= 0.6 is 23.4 Å². The van der Waals surface area contributed by atoms with Crippen molar-refractivity contribution < 1.29 is 9.59 Å². The van der Waals surface area contributed by atoms with E-state index in [2.05, 4.69) is 0 Å². The molecule has 1 heterocycles. The Morgan fingerprint density at radius 2 is 1.93 bits per heavy atom. The van der Waals surface area contributed by atoms with Gasteiger partial charge in [0.05, 0.1) is 0 Å². The van der Waals surface area contributed by atoms with Crippen molar-refractivity contribution in [2.45, 2.75) is 25.3 Å². The first-order valence-corrected chi connectivity index (χ1v) is 4.99. The highest BCUT2D eigenvalue weighted by Gasteiger charge is 2.55. The molecule has 1 fully saturated rings. The predicted molar refractivity (Wildman–Crippen MR) is 53.9 cm³/mol. The van der Waals surface area contributed by atoms with Crippen LogP contribution in [0.4, 0.5) is 4.79 Å². The maximum atomic E-state index is 11.6. The van der Waals surface area contributed by atoms with E-state index in [1.54, 1.807) is 0 Å². The molecule has 0 saturated carbocycles. The molecular weight excluding hydrogens is 227 g/mol. The summed E-state index contributed by atoms with van der Waals surface area (Å²) >= 11 is 11.7. The lowest BCUT2D eigenvalue weighted by Crippen LogP contribution is -2.40. The summed E-state index contributed by atoms with van der Waals surface area (Å²) in [6.07, 6.45) is 0.340. The molecule has 80 valence electrons. The predicted octanol–water partition coefficient (Wildman–Crippen LogP) is 2.02. The molecule has 3 amide bonds. The number of rotatable bonds is 2. The van der Waals surface area contributed by atoms with Crippen LogP contribution in [0.1, 0.15) is 20.3 Å². The van der Waals surface area contributed by atoms with Crippen LogP contribution < -0.4 is 0 Å². The first-order valence-electron chi connectivity index (χ1n) is 4.27. The second kappa shape index (κ2) is 3.59. The quantitative estimate of drug-likeness (QED) is 0.320. The van der Waals surface area contributed by atoms with Crippen LogP contribution in [0.5, 0.6) is 0 Å². The molecule has 0 aromatic heterocycles. The Morgan fingerprint density at radius 3 is 2.21 bits per heavy atom. The van der Waals surface area contributed by atoms with Gasteiger partial charge in [-0.15, -0.1) is 0 Å². The topological polar surface area (TPSA) is 40.6 Å². The van der Waals surface area contributed by atoms with Crippen molar-refractivity contribution in [2.24, 2.45) is 5.92 Å². The summed E-state index contributed by atoms with van der Waals surface area (Å²) in [5.41, 5.74) is 0. The van der Waals surface area contributed by atoms with Gasteiger partial charge in [-0.2, -0.15) is 0 Å². The average molecular weight is 239 g/mol. The van der Waals surface area contributed by atoms with E-state index < -0.39 is 16.9 Å². The lowest BCUT2D eigenvalue weighted by Gasteiger charge is -2.24. The smallest absolute Gasteiger partial charge is 0.270 e. The van der Waals surface area contributed by atoms with Gasteiger partial charge in [-0.25, -0.2) is 9.21 Å². The fraction of sp³-hybridized carbons (Fsp3) is 0.750. The van der Waals surface area contributed by atoms with E-state index in [0.717, 1.165) is 9.32 Å². The summed E-state index contributed by atoms with van der Waals surface area (Å²) in [4.78, 5) is 22.5. The first-order chi connectivity index (χ1) is 6.30. The summed E-state index contributed by atoms with van der Waals surface area (Å²) in [7, 11) is 1.37. The van der Waals surface area contributed by atoms with Crippen molar-refractivity contribution in [1.29, 1.82) is 0 Å². The number of likely N-dealkylation sites (N-methyl/N-ethyl adjacent to an activating group) is 1. The molecule has 0 spiro atoms. The monoisotopic (exact) mass is 238 g/mol. The number of urea groups is 1. The maximum Gasteiger partial charge on any atom is 0.343 e. The minimum absolute atomic E-state index is 0.178. The summed E-state index contributed by atoms with van der Waals surface area (Å²) in [5.74, 6) is -0.287. The number of alkyl halides is 1. The number of carbonyl (C=O) groups is 2. The lowest BCUT2D eigenvalue weighted by molar-refractivity contribution is -0.128. The van der Waals surface area contributed by atoms with Gasteiger partial charge in [0, 0.05) is 18.8 Å². The highest BCUT2D eigenvalue weighted by molar-refractivity contribution is 6.43. The molecule has 6 heteroatoms. The Kier molecular flexibility index (Phi) is 2.97. The van der Waals surface area contributed by atoms with E-state index in [1.165, 1.54) is 7.05 Å². The van der Waals surface area contributed by atoms with Gasteiger partial charge < -0.3 is 0 Å².